The average Bonchev–Trinajstić information content (AvgIpc) is 3.15. The molecule has 0 radical (unpaired) electrons. The van der Waals surface area contributed by atoms with Gasteiger partial charge >= 0.3 is 0 Å². The minimum atomic E-state index is -0.536. The molecule has 0 bridgehead atoms. The zero-order chi connectivity index (χ0) is 16.4. The molecule has 4 nitrogen and oxygen atoms in total. The quantitative estimate of drug-likeness (QED) is 0.648. The fourth-order valence-electron chi connectivity index (χ4n) is 2.41. The molecule has 23 heavy (non-hydrogen) atoms. The van der Waals surface area contributed by atoms with Crippen LogP contribution in [-0.4, -0.2) is 17.7 Å². The molecule has 0 aromatic carbocycles. The van der Waals surface area contributed by atoms with E-state index in [2.05, 4.69) is 10.3 Å². The van der Waals surface area contributed by atoms with Crippen LogP contribution in [0.4, 0.5) is 10.1 Å². The number of nitrogens with two attached hydrogens (primary N) is 1. The van der Waals surface area contributed by atoms with Crippen molar-refractivity contribution in [2.24, 2.45) is 5.73 Å². The highest BCUT2D eigenvalue weighted by atomic mass is 35.5. The summed E-state index contributed by atoms with van der Waals surface area (Å²) in [5.74, 6) is 0.832. The number of aromatic nitrogens is 1. The molecule has 3 rings (SSSR count). The van der Waals surface area contributed by atoms with E-state index < -0.39 is 12.7 Å². The van der Waals surface area contributed by atoms with Crippen LogP contribution in [0.15, 0.2) is 28.9 Å². The molecular weight excluding hydrogens is 337 g/mol. The summed E-state index contributed by atoms with van der Waals surface area (Å²) < 4.78 is 19.0. The number of nitrogens with zero attached hydrogens (tertiary/aromatic N) is 1. The number of halogens is 2. The molecule has 0 fully saturated rings. The van der Waals surface area contributed by atoms with Crippen LogP contribution in [0.1, 0.15) is 16.2 Å². The van der Waals surface area contributed by atoms with Crippen LogP contribution < -0.4 is 11.1 Å². The second-order valence-corrected chi connectivity index (χ2v) is 6.86. The zero-order valence-corrected chi connectivity index (χ0v) is 14.2. The molecule has 7 heteroatoms. The van der Waals surface area contributed by atoms with E-state index in [1.54, 1.807) is 23.7 Å². The fourth-order valence-corrected chi connectivity index (χ4v) is 3.93. The first-order chi connectivity index (χ1) is 11.1. The zero-order valence-electron chi connectivity index (χ0n) is 12.6. The third-order valence-corrected chi connectivity index (χ3v) is 5.15. The van der Waals surface area contributed by atoms with E-state index in [4.69, 9.17) is 21.8 Å². The van der Waals surface area contributed by atoms with Gasteiger partial charge in [0, 0.05) is 17.0 Å². The van der Waals surface area contributed by atoms with Gasteiger partial charge in [0.1, 0.15) is 17.6 Å². The topological polar surface area (TPSA) is 64.1 Å². The van der Waals surface area contributed by atoms with Crippen LogP contribution in [0.3, 0.4) is 0 Å². The Kier molecular flexibility index (Phi) is 4.84. The van der Waals surface area contributed by atoms with Crippen molar-refractivity contribution in [3.05, 3.63) is 45.8 Å². The molecule has 0 amide bonds. The highest BCUT2D eigenvalue weighted by Crippen LogP contribution is 2.37. The summed E-state index contributed by atoms with van der Waals surface area (Å²) in [5, 5.41) is 3.74. The molecule has 3 aromatic heterocycles. The molecule has 0 saturated carbocycles. The molecule has 0 aliphatic heterocycles. The van der Waals surface area contributed by atoms with Gasteiger partial charge < -0.3 is 15.5 Å². The van der Waals surface area contributed by atoms with Crippen molar-refractivity contribution < 1.29 is 8.81 Å². The van der Waals surface area contributed by atoms with Gasteiger partial charge in [-0.2, -0.15) is 0 Å². The third-order valence-electron chi connectivity index (χ3n) is 3.62. The van der Waals surface area contributed by atoms with E-state index in [0.29, 0.717) is 18.1 Å². The van der Waals surface area contributed by atoms with Crippen molar-refractivity contribution in [2.75, 3.05) is 12.0 Å². The van der Waals surface area contributed by atoms with Gasteiger partial charge in [0.15, 0.2) is 0 Å². The summed E-state index contributed by atoms with van der Waals surface area (Å²) in [4.78, 5) is 5.46. The van der Waals surface area contributed by atoms with Crippen molar-refractivity contribution >= 4 is 38.8 Å². The average molecular weight is 354 g/mol. The second-order valence-electron chi connectivity index (χ2n) is 5.37. The predicted octanol–water partition coefficient (Wildman–Crippen LogP) is 4.30. The number of furan rings is 1. The molecule has 0 aliphatic carbocycles. The summed E-state index contributed by atoms with van der Waals surface area (Å²) in [6, 6.07) is 5.05. The maximum Gasteiger partial charge on any atom is 0.131 e. The van der Waals surface area contributed by atoms with Crippen molar-refractivity contribution in [2.45, 2.75) is 25.9 Å². The lowest BCUT2D eigenvalue weighted by atomic mass is 10.1. The number of rotatable bonds is 6. The first-order valence-corrected chi connectivity index (χ1v) is 8.44. The van der Waals surface area contributed by atoms with Gasteiger partial charge in [0.25, 0.3) is 0 Å². The molecule has 3 heterocycles. The standard InChI is InChI=1S/C16H17ClFN3OS/c1-9-13(5-10(19)7-18)23-16-12(6-14(17)21-15(9)16)20-8-11-3-2-4-22-11/h2-4,6,10H,5,7-8,19H2,1H3,(H,20,21)/t10-/m0/s1. The van der Waals surface area contributed by atoms with Crippen LogP contribution in [0.5, 0.6) is 0 Å². The summed E-state index contributed by atoms with van der Waals surface area (Å²) >= 11 is 7.72. The number of thiophene rings is 1. The van der Waals surface area contributed by atoms with Crippen LogP contribution >= 0.6 is 22.9 Å². The van der Waals surface area contributed by atoms with Crippen LogP contribution in [0.25, 0.3) is 10.2 Å². The molecule has 0 aliphatic rings. The summed E-state index contributed by atoms with van der Waals surface area (Å²) in [7, 11) is 0. The van der Waals surface area contributed by atoms with Gasteiger partial charge in [-0.05, 0) is 31.0 Å². The van der Waals surface area contributed by atoms with Gasteiger partial charge in [0.05, 0.1) is 28.7 Å². The van der Waals surface area contributed by atoms with Crippen molar-refractivity contribution in [3.63, 3.8) is 0 Å². The number of aryl methyl sites for hydroxylation is 1. The fraction of sp³-hybridized carbons (Fsp3) is 0.312. The maximum atomic E-state index is 12.7. The molecule has 0 saturated heterocycles. The normalized spacial score (nSPS) is 12.7. The molecule has 3 N–H and O–H groups in total. The first-order valence-electron chi connectivity index (χ1n) is 7.24. The van der Waals surface area contributed by atoms with Gasteiger partial charge in [-0.25, -0.2) is 9.37 Å². The van der Waals surface area contributed by atoms with E-state index in [1.165, 1.54) is 0 Å². The Hall–Kier alpha value is -1.63. The van der Waals surface area contributed by atoms with Crippen LogP contribution in [-0.2, 0) is 13.0 Å². The predicted molar refractivity (Wildman–Crippen MR) is 93.1 cm³/mol. The van der Waals surface area contributed by atoms with E-state index in [1.807, 2.05) is 19.1 Å². The van der Waals surface area contributed by atoms with E-state index >= 15 is 0 Å². The number of anilines is 1. The smallest absolute Gasteiger partial charge is 0.131 e. The molecular formula is C16H17ClFN3OS. The second kappa shape index (κ2) is 6.86. The van der Waals surface area contributed by atoms with Gasteiger partial charge in [0.2, 0.25) is 0 Å². The van der Waals surface area contributed by atoms with Gasteiger partial charge in [-0.3, -0.25) is 0 Å². The molecule has 3 aromatic rings. The summed E-state index contributed by atoms with van der Waals surface area (Å²) in [6.45, 7) is 1.99. The lowest BCUT2D eigenvalue weighted by Crippen LogP contribution is -2.24. The van der Waals surface area contributed by atoms with E-state index in [-0.39, 0.29) is 0 Å². The monoisotopic (exact) mass is 353 g/mol. The summed E-state index contributed by atoms with van der Waals surface area (Å²) in [5.41, 5.74) is 8.49. The SMILES string of the molecule is Cc1c(C[C@H](N)CF)sc2c(NCc3ccco3)cc(Cl)nc12. The lowest BCUT2D eigenvalue weighted by Gasteiger charge is -2.06. The number of hydrogen-bond donors (Lipinski definition) is 2. The first kappa shape index (κ1) is 16.2. The van der Waals surface area contributed by atoms with Crippen LogP contribution in [0, 0.1) is 6.92 Å². The molecule has 0 spiro atoms. The van der Waals surface area contributed by atoms with Crippen molar-refractivity contribution in [1.82, 2.24) is 4.98 Å². The Labute approximate surface area is 142 Å². The van der Waals surface area contributed by atoms with E-state index in [9.17, 15) is 4.39 Å². The molecule has 122 valence electrons. The molecule has 1 atom stereocenters. The Morgan fingerprint density at radius 3 is 3.04 bits per heavy atom. The minimum absolute atomic E-state index is 0.418. The van der Waals surface area contributed by atoms with Gasteiger partial charge in [-0.15, -0.1) is 11.3 Å². The van der Waals surface area contributed by atoms with Crippen LogP contribution in [0.2, 0.25) is 5.15 Å². The van der Waals surface area contributed by atoms with Crippen molar-refractivity contribution in [3.8, 4) is 0 Å². The van der Waals surface area contributed by atoms with E-state index in [0.717, 1.165) is 32.1 Å². The highest BCUT2D eigenvalue weighted by Gasteiger charge is 2.16. The highest BCUT2D eigenvalue weighted by molar-refractivity contribution is 7.19. The third kappa shape index (κ3) is 3.49. The number of nitrogens with one attached hydrogen (secondary N) is 1. The Balaban J connectivity index is 1.95. The van der Waals surface area contributed by atoms with Gasteiger partial charge in [-0.1, -0.05) is 11.6 Å². The number of hydrogen-bond acceptors (Lipinski definition) is 5. The minimum Gasteiger partial charge on any atom is -0.467 e. The summed E-state index contributed by atoms with van der Waals surface area (Å²) in [6.07, 6.45) is 2.14. The molecule has 0 unspecified atom stereocenters. The maximum absolute atomic E-state index is 12.7. The lowest BCUT2D eigenvalue weighted by molar-refractivity contribution is 0.428. The Morgan fingerprint density at radius 1 is 1.52 bits per heavy atom. The number of alkyl halides is 1. The Bertz CT molecular complexity index is 803. The van der Waals surface area contributed by atoms with Crippen molar-refractivity contribution in [1.29, 1.82) is 0 Å². The largest absolute Gasteiger partial charge is 0.467 e. The number of fused-ring (bicyclic) bond motifs is 1. The number of pyridine rings is 1. The Morgan fingerprint density at radius 2 is 2.35 bits per heavy atom.